The van der Waals surface area contributed by atoms with Crippen LogP contribution in [-0.2, 0) is 18.4 Å². The van der Waals surface area contributed by atoms with Crippen LogP contribution in [0.15, 0.2) is 0 Å². The van der Waals surface area contributed by atoms with Crippen molar-refractivity contribution in [2.45, 2.75) is 43.7 Å². The van der Waals surface area contributed by atoms with Gasteiger partial charge in [0.25, 0.3) is 0 Å². The molecule has 2 saturated heterocycles. The molecule has 0 amide bonds. The molecule has 4 fully saturated rings. The van der Waals surface area contributed by atoms with Gasteiger partial charge in [0, 0.05) is 0 Å². The van der Waals surface area contributed by atoms with E-state index < -0.39 is 16.6 Å². The van der Waals surface area contributed by atoms with E-state index in [1.807, 2.05) is 0 Å². The van der Waals surface area contributed by atoms with Gasteiger partial charge < -0.3 is 8.85 Å². The molecule has 6 heteroatoms. The first-order chi connectivity index (χ1) is 8.74. The Kier molecular flexibility index (Phi) is 2.09. The van der Waals surface area contributed by atoms with Crippen LogP contribution in [0.4, 0.5) is 0 Å². The lowest BCUT2D eigenvalue weighted by Crippen LogP contribution is -2.39. The van der Waals surface area contributed by atoms with Crippen LogP contribution in [0.3, 0.4) is 0 Å². The maximum Gasteiger partial charge on any atom is 0.317 e. The summed E-state index contributed by atoms with van der Waals surface area (Å²) < 4.78 is 11.5. The summed E-state index contributed by atoms with van der Waals surface area (Å²) in [5.41, 5.74) is 1.14. The molecule has 0 aromatic heterocycles. The molecule has 2 saturated carbocycles. The predicted molar refractivity (Wildman–Crippen MR) is 73.2 cm³/mol. The summed E-state index contributed by atoms with van der Waals surface area (Å²) in [6.07, 6.45) is 1.06. The van der Waals surface area contributed by atoms with Gasteiger partial charge in [-0.3, -0.25) is 9.59 Å². The smallest absolute Gasteiger partial charge is 0.317 e. The van der Waals surface area contributed by atoms with E-state index in [9.17, 15) is 9.59 Å². The number of esters is 2. The molecule has 4 rings (SSSR count). The van der Waals surface area contributed by atoms with Gasteiger partial charge in [-0.1, -0.05) is 0 Å². The van der Waals surface area contributed by atoms with Crippen LogP contribution < -0.4 is 0 Å². The van der Waals surface area contributed by atoms with Crippen molar-refractivity contribution in [1.29, 1.82) is 0 Å². The molecule has 104 valence electrons. The van der Waals surface area contributed by atoms with Crippen LogP contribution in [0.1, 0.15) is 6.42 Å². The lowest BCUT2D eigenvalue weighted by molar-refractivity contribution is -0.154. The molecule has 6 unspecified atom stereocenters. The number of carbonyl (C=O) groups excluding carboxylic acids is 2. The number of hydrogen-bond donors (Lipinski definition) is 0. The maximum atomic E-state index is 12.0. The van der Waals surface area contributed by atoms with E-state index in [4.69, 9.17) is 8.85 Å². The van der Waals surface area contributed by atoms with Crippen molar-refractivity contribution >= 4 is 28.6 Å². The molecule has 0 spiro atoms. The fourth-order valence-corrected chi connectivity index (χ4v) is 19.9. The van der Waals surface area contributed by atoms with Gasteiger partial charge in [-0.2, -0.15) is 0 Å². The number of cyclic esters (lactones) is 2. The highest BCUT2D eigenvalue weighted by Crippen LogP contribution is 2.73. The summed E-state index contributed by atoms with van der Waals surface area (Å²) in [6.45, 7) is 9.18. The zero-order chi connectivity index (χ0) is 13.7. The van der Waals surface area contributed by atoms with Crippen molar-refractivity contribution in [2.24, 2.45) is 23.7 Å². The van der Waals surface area contributed by atoms with Crippen LogP contribution in [0.25, 0.3) is 0 Å². The number of hydrogen-bond acceptors (Lipinski definition) is 4. The fraction of sp³-hybridized carbons (Fsp3) is 0.846. The van der Waals surface area contributed by atoms with Gasteiger partial charge in [0.2, 0.25) is 0 Å². The van der Waals surface area contributed by atoms with Crippen molar-refractivity contribution in [3.8, 4) is 0 Å². The van der Waals surface area contributed by atoms with E-state index in [0.717, 1.165) is 6.42 Å². The first kappa shape index (κ1) is 12.3. The van der Waals surface area contributed by atoms with E-state index in [2.05, 4.69) is 26.2 Å². The average molecular weight is 296 g/mol. The lowest BCUT2D eigenvalue weighted by atomic mass is 9.80. The molecule has 2 aliphatic heterocycles. The van der Waals surface area contributed by atoms with Gasteiger partial charge in [0.15, 0.2) is 16.6 Å². The molecule has 0 radical (unpaired) electrons. The van der Waals surface area contributed by atoms with Crippen molar-refractivity contribution in [1.82, 2.24) is 0 Å². The molecular formula is C13H20O4Si2. The first-order valence-electron chi connectivity index (χ1n) is 7.20. The second kappa shape index (κ2) is 3.23. The maximum absolute atomic E-state index is 12.0. The third kappa shape index (κ3) is 1.28. The molecule has 0 aromatic rings. The Hall–Kier alpha value is -0.466. The van der Waals surface area contributed by atoms with Crippen LogP contribution in [0.5, 0.6) is 0 Å². The topological polar surface area (TPSA) is 52.6 Å². The highest BCUT2D eigenvalue weighted by atomic mass is 28.4. The van der Waals surface area contributed by atoms with E-state index in [0.29, 0.717) is 22.9 Å². The predicted octanol–water partition coefficient (Wildman–Crippen LogP) is 2.13. The molecule has 4 aliphatic rings. The standard InChI is InChI=1S/C13H20O4Si2/c1-18(2)10-6-5-7(11(10)19(3,4)17-18)9-8(6)12(14)16-13(9)15/h6-11H,5H2,1-4H3. The molecule has 6 atom stereocenters. The zero-order valence-corrected chi connectivity index (χ0v) is 13.8. The largest absolute Gasteiger partial charge is 0.455 e. The molecule has 2 aliphatic carbocycles. The monoisotopic (exact) mass is 296 g/mol. The SMILES string of the molecule is C[Si]1(C)O[Si](C)(C)C2C3CC(C4C(=O)OC(=O)C34)C21. The van der Waals surface area contributed by atoms with Gasteiger partial charge in [-0.15, -0.1) is 0 Å². The number of ether oxygens (including phenoxy) is 1. The average Bonchev–Trinajstić information content (AvgIpc) is 2.90. The molecular weight excluding hydrogens is 276 g/mol. The van der Waals surface area contributed by atoms with Crippen LogP contribution >= 0.6 is 0 Å². The highest BCUT2D eigenvalue weighted by Gasteiger charge is 2.75. The van der Waals surface area contributed by atoms with E-state index >= 15 is 0 Å². The normalized spacial score (nSPS) is 52.2. The number of rotatable bonds is 0. The summed E-state index contributed by atoms with van der Waals surface area (Å²) in [4.78, 5) is 23.9. The molecule has 2 bridgehead atoms. The first-order valence-corrected chi connectivity index (χ1v) is 13.2. The lowest BCUT2D eigenvalue weighted by Gasteiger charge is -2.35. The summed E-state index contributed by atoms with van der Waals surface area (Å²) >= 11 is 0. The molecule has 0 N–H and O–H groups in total. The number of carbonyl (C=O) groups is 2. The van der Waals surface area contributed by atoms with Gasteiger partial charge in [0.05, 0.1) is 11.8 Å². The molecule has 19 heavy (non-hydrogen) atoms. The Morgan fingerprint density at radius 3 is 1.74 bits per heavy atom. The summed E-state index contributed by atoms with van der Waals surface area (Å²) in [6, 6.07) is 0. The fourth-order valence-electron chi connectivity index (χ4n) is 6.00. The van der Waals surface area contributed by atoms with Crippen LogP contribution in [0.2, 0.25) is 37.3 Å². The van der Waals surface area contributed by atoms with Crippen LogP contribution in [0, 0.1) is 23.7 Å². The Balaban J connectivity index is 1.82. The van der Waals surface area contributed by atoms with E-state index in [-0.39, 0.29) is 23.8 Å². The summed E-state index contributed by atoms with van der Waals surface area (Å²) in [5.74, 6) is -0.0759. The number of fused-ring (bicyclic) bond motifs is 8. The second-order valence-electron chi connectivity index (χ2n) is 7.72. The third-order valence-electron chi connectivity index (χ3n) is 6.04. The Morgan fingerprint density at radius 1 is 0.895 bits per heavy atom. The summed E-state index contributed by atoms with van der Waals surface area (Å²) in [5, 5.41) is 0. The Labute approximate surface area is 115 Å². The second-order valence-corrected chi connectivity index (χ2v) is 16.3. The highest BCUT2D eigenvalue weighted by molar-refractivity contribution is 6.92. The zero-order valence-electron chi connectivity index (χ0n) is 11.8. The van der Waals surface area contributed by atoms with Gasteiger partial charge >= 0.3 is 11.9 Å². The third-order valence-corrected chi connectivity index (χ3v) is 15.4. The van der Waals surface area contributed by atoms with Crippen molar-refractivity contribution in [2.75, 3.05) is 0 Å². The Morgan fingerprint density at radius 2 is 1.32 bits per heavy atom. The quantitative estimate of drug-likeness (QED) is 0.390. The minimum absolute atomic E-state index is 0.142. The minimum Gasteiger partial charge on any atom is -0.455 e. The molecule has 2 heterocycles. The van der Waals surface area contributed by atoms with Crippen LogP contribution in [-0.4, -0.2) is 28.6 Å². The molecule has 4 nitrogen and oxygen atoms in total. The Bertz CT molecular complexity index is 459. The van der Waals surface area contributed by atoms with Gasteiger partial charge in [-0.25, -0.2) is 0 Å². The minimum atomic E-state index is -1.73. The van der Waals surface area contributed by atoms with Gasteiger partial charge in [-0.05, 0) is 55.5 Å². The van der Waals surface area contributed by atoms with E-state index in [1.165, 1.54) is 0 Å². The van der Waals surface area contributed by atoms with Crippen molar-refractivity contribution in [3.63, 3.8) is 0 Å². The summed E-state index contributed by atoms with van der Waals surface area (Å²) in [7, 11) is -3.46. The van der Waals surface area contributed by atoms with Gasteiger partial charge in [0.1, 0.15) is 0 Å². The van der Waals surface area contributed by atoms with E-state index in [1.54, 1.807) is 0 Å². The van der Waals surface area contributed by atoms with Crippen molar-refractivity contribution < 1.29 is 18.4 Å². The molecule has 0 aromatic carbocycles. The van der Waals surface area contributed by atoms with Crippen molar-refractivity contribution in [3.05, 3.63) is 0 Å².